The Kier molecular flexibility index (Phi) is 5.89. The van der Waals surface area contributed by atoms with Crippen LogP contribution in [0.1, 0.15) is 11.1 Å². The van der Waals surface area contributed by atoms with E-state index in [4.69, 9.17) is 28.0 Å². The summed E-state index contributed by atoms with van der Waals surface area (Å²) in [5.41, 5.74) is 2.68. The number of nitrogens with one attached hydrogen (secondary N) is 1. The van der Waals surface area contributed by atoms with Gasteiger partial charge >= 0.3 is 6.09 Å². The van der Waals surface area contributed by atoms with Crippen LogP contribution in [0.15, 0.2) is 84.0 Å². The molecule has 0 atom stereocenters. The van der Waals surface area contributed by atoms with E-state index in [0.717, 1.165) is 11.1 Å². The second kappa shape index (κ2) is 8.52. The Morgan fingerprint density at radius 3 is 1.92 bits per heavy atom. The van der Waals surface area contributed by atoms with E-state index in [1.165, 1.54) is 6.07 Å². The van der Waals surface area contributed by atoms with Crippen molar-refractivity contribution in [3.63, 3.8) is 0 Å². The summed E-state index contributed by atoms with van der Waals surface area (Å²) in [5, 5.41) is 7.34. The molecule has 3 aromatic carbocycles. The molecule has 0 heterocycles. The lowest BCUT2D eigenvalue weighted by molar-refractivity contribution is 0.166. The van der Waals surface area contributed by atoms with E-state index >= 15 is 0 Å². The average Bonchev–Trinajstić information content (AvgIpc) is 2.67. The highest BCUT2D eigenvalue weighted by molar-refractivity contribution is 6.42. The summed E-state index contributed by atoms with van der Waals surface area (Å²) in [6, 6.07) is 23.7. The molecule has 1 amide bonds. The third-order valence-electron chi connectivity index (χ3n) is 3.48. The van der Waals surface area contributed by atoms with Crippen LogP contribution in [0.5, 0.6) is 0 Å². The van der Waals surface area contributed by atoms with Gasteiger partial charge in [-0.3, -0.25) is 10.2 Å². The fourth-order valence-electron chi connectivity index (χ4n) is 2.27. The Morgan fingerprint density at radius 2 is 1.38 bits per heavy atom. The Morgan fingerprint density at radius 1 is 0.808 bits per heavy atom. The first-order valence-corrected chi connectivity index (χ1v) is 8.51. The minimum atomic E-state index is -0.729. The number of carbonyl (C=O) groups excluding carboxylic acids is 1. The molecule has 4 nitrogen and oxygen atoms in total. The van der Waals surface area contributed by atoms with E-state index in [1.807, 2.05) is 60.7 Å². The van der Waals surface area contributed by atoms with Gasteiger partial charge in [0.1, 0.15) is 5.71 Å². The SMILES string of the molecule is O=C(Nc1ccc(Cl)c(Cl)c1)ON=C(c1ccccc1)c1ccccc1. The monoisotopic (exact) mass is 384 g/mol. The zero-order valence-corrected chi connectivity index (χ0v) is 15.0. The fourth-order valence-corrected chi connectivity index (χ4v) is 2.56. The molecule has 0 bridgehead atoms. The van der Waals surface area contributed by atoms with E-state index in [1.54, 1.807) is 12.1 Å². The highest BCUT2D eigenvalue weighted by atomic mass is 35.5. The van der Waals surface area contributed by atoms with Gasteiger partial charge in [-0.2, -0.15) is 0 Å². The van der Waals surface area contributed by atoms with Crippen LogP contribution in [0.4, 0.5) is 10.5 Å². The molecular weight excluding hydrogens is 371 g/mol. The molecule has 0 radical (unpaired) electrons. The Labute approximate surface area is 161 Å². The van der Waals surface area contributed by atoms with Gasteiger partial charge in [-0.1, -0.05) is 89.0 Å². The summed E-state index contributed by atoms with van der Waals surface area (Å²) < 4.78 is 0. The number of nitrogens with zero attached hydrogens (tertiary/aromatic N) is 1. The molecule has 3 rings (SSSR count). The molecule has 0 aliphatic heterocycles. The van der Waals surface area contributed by atoms with Gasteiger partial charge in [0.25, 0.3) is 0 Å². The molecule has 0 aliphatic carbocycles. The Balaban J connectivity index is 1.80. The lowest BCUT2D eigenvalue weighted by atomic mass is 10.0. The van der Waals surface area contributed by atoms with Crippen LogP contribution >= 0.6 is 23.2 Å². The maximum absolute atomic E-state index is 12.1. The topological polar surface area (TPSA) is 50.7 Å². The zero-order valence-electron chi connectivity index (χ0n) is 13.5. The number of benzene rings is 3. The smallest absolute Gasteiger partial charge is 0.297 e. The van der Waals surface area contributed by atoms with E-state index in [0.29, 0.717) is 21.4 Å². The second-order valence-electron chi connectivity index (χ2n) is 5.30. The van der Waals surface area contributed by atoms with Gasteiger partial charge in [0, 0.05) is 16.8 Å². The second-order valence-corrected chi connectivity index (χ2v) is 6.12. The third-order valence-corrected chi connectivity index (χ3v) is 4.22. The van der Waals surface area contributed by atoms with Crippen LogP contribution in [-0.4, -0.2) is 11.8 Å². The molecule has 130 valence electrons. The number of amides is 1. The quantitative estimate of drug-likeness (QED) is 0.341. The minimum absolute atomic E-state index is 0.335. The molecule has 6 heteroatoms. The number of halogens is 2. The van der Waals surface area contributed by atoms with Crippen molar-refractivity contribution >= 4 is 40.7 Å². The molecule has 0 aliphatic rings. The summed E-state index contributed by atoms with van der Waals surface area (Å²) in [7, 11) is 0. The Bertz CT molecular complexity index is 888. The van der Waals surface area contributed by atoms with Crippen molar-refractivity contribution in [3.05, 3.63) is 100 Å². The van der Waals surface area contributed by atoms with E-state index in [-0.39, 0.29) is 0 Å². The highest BCUT2D eigenvalue weighted by Gasteiger charge is 2.10. The molecule has 26 heavy (non-hydrogen) atoms. The van der Waals surface area contributed by atoms with Crippen LogP contribution in [0, 0.1) is 0 Å². The van der Waals surface area contributed by atoms with Gasteiger partial charge in [-0.15, -0.1) is 0 Å². The molecular formula is C20H14Cl2N2O2. The van der Waals surface area contributed by atoms with Gasteiger partial charge < -0.3 is 0 Å². The average molecular weight is 385 g/mol. The lowest BCUT2D eigenvalue weighted by Gasteiger charge is -2.08. The summed E-state index contributed by atoms with van der Waals surface area (Å²) in [6.07, 6.45) is -0.729. The molecule has 1 N–H and O–H groups in total. The fraction of sp³-hybridized carbons (Fsp3) is 0. The van der Waals surface area contributed by atoms with Crippen molar-refractivity contribution in [2.75, 3.05) is 5.32 Å². The third kappa shape index (κ3) is 4.63. The molecule has 0 spiro atoms. The van der Waals surface area contributed by atoms with Crippen molar-refractivity contribution in [3.8, 4) is 0 Å². The molecule has 0 saturated heterocycles. The van der Waals surface area contributed by atoms with Gasteiger partial charge in [-0.05, 0) is 18.2 Å². The number of oxime groups is 1. The highest BCUT2D eigenvalue weighted by Crippen LogP contribution is 2.25. The minimum Gasteiger partial charge on any atom is -0.297 e. The molecule has 0 saturated carbocycles. The molecule has 0 unspecified atom stereocenters. The van der Waals surface area contributed by atoms with Crippen LogP contribution < -0.4 is 5.32 Å². The van der Waals surface area contributed by atoms with Crippen LogP contribution in [0.25, 0.3) is 0 Å². The van der Waals surface area contributed by atoms with E-state index < -0.39 is 6.09 Å². The van der Waals surface area contributed by atoms with Crippen molar-refractivity contribution in [1.29, 1.82) is 0 Å². The summed E-state index contributed by atoms with van der Waals surface area (Å²) >= 11 is 11.8. The maximum Gasteiger partial charge on any atom is 0.437 e. The van der Waals surface area contributed by atoms with Gasteiger partial charge in [-0.25, -0.2) is 4.79 Å². The van der Waals surface area contributed by atoms with Gasteiger partial charge in [0.05, 0.1) is 10.0 Å². The van der Waals surface area contributed by atoms with Crippen LogP contribution in [0.3, 0.4) is 0 Å². The van der Waals surface area contributed by atoms with Crippen molar-refractivity contribution < 1.29 is 9.63 Å². The molecule has 3 aromatic rings. The first kappa shape index (κ1) is 18.0. The first-order valence-electron chi connectivity index (χ1n) is 7.75. The van der Waals surface area contributed by atoms with Gasteiger partial charge in [0.15, 0.2) is 0 Å². The first-order chi connectivity index (χ1) is 12.6. The summed E-state index contributed by atoms with van der Waals surface area (Å²) in [5.74, 6) is 0. The largest absolute Gasteiger partial charge is 0.437 e. The van der Waals surface area contributed by atoms with Crippen molar-refractivity contribution in [1.82, 2.24) is 0 Å². The predicted molar refractivity (Wildman–Crippen MR) is 105 cm³/mol. The molecule has 0 aromatic heterocycles. The summed E-state index contributed by atoms with van der Waals surface area (Å²) in [6.45, 7) is 0. The van der Waals surface area contributed by atoms with Crippen molar-refractivity contribution in [2.45, 2.75) is 0 Å². The van der Waals surface area contributed by atoms with Gasteiger partial charge in [0.2, 0.25) is 0 Å². The predicted octanol–water partition coefficient (Wildman–Crippen LogP) is 5.99. The zero-order chi connectivity index (χ0) is 18.4. The van der Waals surface area contributed by atoms with Crippen LogP contribution in [0.2, 0.25) is 10.0 Å². The van der Waals surface area contributed by atoms with Crippen LogP contribution in [-0.2, 0) is 4.84 Å². The van der Waals surface area contributed by atoms with E-state index in [9.17, 15) is 4.79 Å². The molecule has 0 fully saturated rings. The number of hydrogen-bond donors (Lipinski definition) is 1. The lowest BCUT2D eigenvalue weighted by Crippen LogP contribution is -2.13. The van der Waals surface area contributed by atoms with Crippen molar-refractivity contribution in [2.24, 2.45) is 5.16 Å². The Hall–Kier alpha value is -2.82. The van der Waals surface area contributed by atoms with E-state index in [2.05, 4.69) is 10.5 Å². The standard InChI is InChI=1S/C20H14Cl2N2O2/c21-17-12-11-16(13-18(17)22)23-20(25)26-24-19(14-7-3-1-4-8-14)15-9-5-2-6-10-15/h1-13H,(H,23,25). The number of hydrogen-bond acceptors (Lipinski definition) is 3. The maximum atomic E-state index is 12.1. The normalized spacial score (nSPS) is 10.1. The number of carbonyl (C=O) groups is 1. The number of anilines is 1. The summed E-state index contributed by atoms with van der Waals surface area (Å²) in [4.78, 5) is 17.1. The number of rotatable bonds is 4.